The van der Waals surface area contributed by atoms with E-state index < -0.39 is 10.0 Å². The van der Waals surface area contributed by atoms with Crippen LogP contribution in [0.3, 0.4) is 0 Å². The molecule has 1 rings (SSSR count). The highest BCUT2D eigenvalue weighted by atomic mass is 79.9. The highest BCUT2D eigenvalue weighted by Gasteiger charge is 2.18. The second-order valence-electron chi connectivity index (χ2n) is 3.02. The van der Waals surface area contributed by atoms with Gasteiger partial charge < -0.3 is 5.73 Å². The molecule has 6 heteroatoms. The van der Waals surface area contributed by atoms with Gasteiger partial charge in [-0.2, -0.15) is 0 Å². The third-order valence-electron chi connectivity index (χ3n) is 1.98. The second-order valence-corrected chi connectivity index (χ2v) is 6.00. The van der Waals surface area contributed by atoms with E-state index in [1.807, 2.05) is 6.07 Å². The average molecular weight is 293 g/mol. The molecule has 1 aromatic rings. The lowest BCUT2D eigenvalue weighted by Crippen LogP contribution is -2.32. The Kier molecular flexibility index (Phi) is 4.12. The number of nitrogens with two attached hydrogens (primary N) is 1. The highest BCUT2D eigenvalue weighted by Crippen LogP contribution is 2.26. The third kappa shape index (κ3) is 2.93. The van der Waals surface area contributed by atoms with Crippen molar-refractivity contribution in [2.24, 2.45) is 5.73 Å². The maximum atomic E-state index is 11.7. The lowest BCUT2D eigenvalue weighted by Gasteiger charge is -2.20. The normalized spacial score (nSPS) is 11.4. The summed E-state index contributed by atoms with van der Waals surface area (Å²) < 4.78 is 25.4. The van der Waals surface area contributed by atoms with Crippen LogP contribution in [-0.4, -0.2) is 27.8 Å². The average Bonchev–Trinajstić information content (AvgIpc) is 2.17. The molecule has 0 aliphatic heterocycles. The van der Waals surface area contributed by atoms with Crippen LogP contribution in [0, 0.1) is 0 Å². The molecule has 0 bridgehead atoms. The number of anilines is 1. The van der Waals surface area contributed by atoms with E-state index >= 15 is 0 Å². The molecule has 0 atom stereocenters. The van der Waals surface area contributed by atoms with Crippen LogP contribution in [0.1, 0.15) is 0 Å². The number of hydrogen-bond acceptors (Lipinski definition) is 3. The minimum absolute atomic E-state index is 0.0508. The molecule has 0 radical (unpaired) electrons. The fraction of sp³-hybridized carbons (Fsp3) is 0.333. The van der Waals surface area contributed by atoms with Crippen LogP contribution in [0.4, 0.5) is 5.69 Å². The number of para-hydroxylation sites is 1. The van der Waals surface area contributed by atoms with Gasteiger partial charge in [0.05, 0.1) is 11.4 Å². The summed E-state index contributed by atoms with van der Waals surface area (Å²) in [5, 5.41) is 0. The van der Waals surface area contributed by atoms with Crippen LogP contribution in [0.5, 0.6) is 0 Å². The number of rotatable bonds is 4. The minimum Gasteiger partial charge on any atom is -0.329 e. The van der Waals surface area contributed by atoms with Gasteiger partial charge in [-0.3, -0.25) is 4.31 Å². The van der Waals surface area contributed by atoms with Crippen LogP contribution in [0.25, 0.3) is 0 Å². The largest absolute Gasteiger partial charge is 0.329 e. The number of sulfonamides is 1. The van der Waals surface area contributed by atoms with E-state index in [-0.39, 0.29) is 12.3 Å². The summed E-state index contributed by atoms with van der Waals surface area (Å²) in [6.07, 6.45) is 0. The molecule has 0 saturated heterocycles. The van der Waals surface area contributed by atoms with Gasteiger partial charge in [-0.25, -0.2) is 8.42 Å². The van der Waals surface area contributed by atoms with E-state index in [2.05, 4.69) is 15.9 Å². The molecule has 0 spiro atoms. The van der Waals surface area contributed by atoms with Crippen LogP contribution >= 0.6 is 15.9 Å². The van der Waals surface area contributed by atoms with Gasteiger partial charge in [0.1, 0.15) is 0 Å². The standard InChI is InChI=1S/C9H13BrN2O2S/c1-12(15(13,14)7-6-11)9-5-3-2-4-8(9)10/h2-5H,6-7,11H2,1H3. The Bertz CT molecular complexity index is 433. The van der Waals surface area contributed by atoms with Crippen LogP contribution < -0.4 is 10.0 Å². The molecule has 15 heavy (non-hydrogen) atoms. The molecule has 0 fully saturated rings. The second kappa shape index (κ2) is 4.96. The lowest BCUT2D eigenvalue weighted by molar-refractivity contribution is 0.594. The van der Waals surface area contributed by atoms with E-state index in [4.69, 9.17) is 5.73 Å². The zero-order valence-electron chi connectivity index (χ0n) is 8.35. The fourth-order valence-corrected chi connectivity index (χ4v) is 2.84. The molecule has 0 aliphatic carbocycles. The molecular weight excluding hydrogens is 280 g/mol. The van der Waals surface area contributed by atoms with Crippen LogP contribution in [0.2, 0.25) is 0 Å². The Morgan fingerprint density at radius 3 is 2.53 bits per heavy atom. The van der Waals surface area contributed by atoms with Crippen molar-refractivity contribution < 1.29 is 8.42 Å². The number of benzene rings is 1. The maximum Gasteiger partial charge on any atom is 0.236 e. The highest BCUT2D eigenvalue weighted by molar-refractivity contribution is 9.10. The van der Waals surface area contributed by atoms with E-state index in [0.29, 0.717) is 5.69 Å². The molecule has 0 amide bonds. The van der Waals surface area contributed by atoms with Crippen molar-refractivity contribution in [2.45, 2.75) is 0 Å². The van der Waals surface area contributed by atoms with Gasteiger partial charge >= 0.3 is 0 Å². The first-order chi connectivity index (χ1) is 6.99. The quantitative estimate of drug-likeness (QED) is 0.906. The maximum absolute atomic E-state index is 11.7. The van der Waals surface area contributed by atoms with Crippen molar-refractivity contribution in [3.63, 3.8) is 0 Å². The molecule has 1 aromatic carbocycles. The molecule has 84 valence electrons. The third-order valence-corrected chi connectivity index (χ3v) is 4.44. The summed E-state index contributed by atoms with van der Waals surface area (Å²) in [5.41, 5.74) is 5.87. The predicted octanol–water partition coefficient (Wildman–Crippen LogP) is 1.17. The number of hydrogen-bond donors (Lipinski definition) is 1. The van der Waals surface area contributed by atoms with Crippen LogP contribution in [-0.2, 0) is 10.0 Å². The Hall–Kier alpha value is -0.590. The van der Waals surface area contributed by atoms with E-state index in [1.165, 1.54) is 11.4 Å². The lowest BCUT2D eigenvalue weighted by atomic mass is 10.3. The van der Waals surface area contributed by atoms with E-state index in [1.54, 1.807) is 18.2 Å². The molecule has 0 unspecified atom stereocenters. The van der Waals surface area contributed by atoms with Crippen molar-refractivity contribution in [1.82, 2.24) is 0 Å². The Morgan fingerprint density at radius 1 is 1.40 bits per heavy atom. The van der Waals surface area contributed by atoms with Gasteiger partial charge in [-0.05, 0) is 28.1 Å². The summed E-state index contributed by atoms with van der Waals surface area (Å²) >= 11 is 3.30. The Labute approximate surface area is 98.3 Å². The summed E-state index contributed by atoms with van der Waals surface area (Å²) in [4.78, 5) is 0. The van der Waals surface area contributed by atoms with Crippen LogP contribution in [0.15, 0.2) is 28.7 Å². The molecule has 0 saturated carbocycles. The first-order valence-corrected chi connectivity index (χ1v) is 6.80. The van der Waals surface area contributed by atoms with Gasteiger partial charge in [-0.15, -0.1) is 0 Å². The zero-order valence-corrected chi connectivity index (χ0v) is 10.8. The van der Waals surface area contributed by atoms with Gasteiger partial charge in [0, 0.05) is 18.1 Å². The smallest absolute Gasteiger partial charge is 0.236 e. The van der Waals surface area contributed by atoms with Gasteiger partial charge in [-0.1, -0.05) is 12.1 Å². The summed E-state index contributed by atoms with van der Waals surface area (Å²) in [5.74, 6) is -0.0508. The molecular formula is C9H13BrN2O2S. The predicted molar refractivity (Wildman–Crippen MR) is 65.4 cm³/mol. The molecule has 2 N–H and O–H groups in total. The zero-order chi connectivity index (χ0) is 11.5. The summed E-state index contributed by atoms with van der Waals surface area (Å²) in [6, 6.07) is 7.15. The molecule has 0 aliphatic rings. The minimum atomic E-state index is -3.31. The fourth-order valence-electron chi connectivity index (χ4n) is 1.14. The Balaban J connectivity index is 3.05. The first-order valence-electron chi connectivity index (χ1n) is 4.40. The van der Waals surface area contributed by atoms with Crippen molar-refractivity contribution in [3.05, 3.63) is 28.7 Å². The molecule has 4 nitrogen and oxygen atoms in total. The number of nitrogens with zero attached hydrogens (tertiary/aromatic N) is 1. The van der Waals surface area contributed by atoms with Crippen molar-refractivity contribution in [3.8, 4) is 0 Å². The van der Waals surface area contributed by atoms with Gasteiger partial charge in [0.25, 0.3) is 0 Å². The van der Waals surface area contributed by atoms with Crippen molar-refractivity contribution in [2.75, 3.05) is 23.7 Å². The van der Waals surface area contributed by atoms with Crippen molar-refractivity contribution in [1.29, 1.82) is 0 Å². The molecule has 0 aromatic heterocycles. The number of halogens is 1. The van der Waals surface area contributed by atoms with E-state index in [0.717, 1.165) is 4.47 Å². The Morgan fingerprint density at radius 2 is 2.00 bits per heavy atom. The molecule has 0 heterocycles. The monoisotopic (exact) mass is 292 g/mol. The summed E-state index contributed by atoms with van der Waals surface area (Å²) in [7, 11) is -1.79. The van der Waals surface area contributed by atoms with Gasteiger partial charge in [0.15, 0.2) is 0 Å². The van der Waals surface area contributed by atoms with Gasteiger partial charge in [0.2, 0.25) is 10.0 Å². The van der Waals surface area contributed by atoms with Crippen molar-refractivity contribution >= 4 is 31.6 Å². The van der Waals surface area contributed by atoms with E-state index in [9.17, 15) is 8.42 Å². The first kappa shape index (κ1) is 12.5. The SMILES string of the molecule is CN(c1ccccc1Br)S(=O)(=O)CCN. The topological polar surface area (TPSA) is 63.4 Å². The summed E-state index contributed by atoms with van der Waals surface area (Å²) in [6.45, 7) is 0.122.